The summed E-state index contributed by atoms with van der Waals surface area (Å²) in [7, 11) is 0. The summed E-state index contributed by atoms with van der Waals surface area (Å²) in [4.78, 5) is 26.8. The van der Waals surface area contributed by atoms with E-state index in [4.69, 9.17) is 16.3 Å². The molecule has 0 saturated carbocycles. The van der Waals surface area contributed by atoms with E-state index in [0.29, 0.717) is 17.4 Å². The first-order valence-corrected chi connectivity index (χ1v) is 8.81. The maximum absolute atomic E-state index is 12.8. The van der Waals surface area contributed by atoms with Crippen molar-refractivity contribution in [2.24, 2.45) is 11.8 Å². The molecule has 1 aromatic heterocycles. The van der Waals surface area contributed by atoms with Gasteiger partial charge in [-0.2, -0.15) is 5.10 Å². The van der Waals surface area contributed by atoms with E-state index in [2.05, 4.69) is 5.10 Å². The average molecular weight is 358 g/mol. The molecule has 0 unspecified atom stereocenters. The molecular weight excluding hydrogens is 342 g/mol. The highest BCUT2D eigenvalue weighted by Gasteiger charge is 2.63. The van der Waals surface area contributed by atoms with Crippen LogP contribution in [0.5, 0.6) is 0 Å². The van der Waals surface area contributed by atoms with Crippen LogP contribution in [0.15, 0.2) is 36.5 Å². The lowest BCUT2D eigenvalue weighted by molar-refractivity contribution is -0.124. The first-order valence-electron chi connectivity index (χ1n) is 8.43. The molecule has 3 aliphatic heterocycles. The van der Waals surface area contributed by atoms with Crippen molar-refractivity contribution < 1.29 is 14.3 Å². The zero-order valence-corrected chi connectivity index (χ0v) is 14.1. The monoisotopic (exact) mass is 357 g/mol. The maximum Gasteiger partial charge on any atom is 0.241 e. The number of rotatable bonds is 3. The van der Waals surface area contributed by atoms with Crippen LogP contribution < -0.4 is 4.90 Å². The van der Waals surface area contributed by atoms with Gasteiger partial charge in [-0.1, -0.05) is 23.7 Å². The number of imide groups is 1. The summed E-state index contributed by atoms with van der Waals surface area (Å²) in [6.45, 7) is 0.526. The fourth-order valence-corrected chi connectivity index (χ4v) is 4.53. The summed E-state index contributed by atoms with van der Waals surface area (Å²) in [5.74, 6) is -0.607. The Morgan fingerprint density at radius 1 is 1.12 bits per heavy atom. The van der Waals surface area contributed by atoms with Crippen LogP contribution in [0.1, 0.15) is 18.4 Å². The Labute approximate surface area is 149 Å². The zero-order valence-electron chi connectivity index (χ0n) is 13.3. The Bertz CT molecular complexity index is 852. The number of aromatic nitrogens is 2. The minimum Gasteiger partial charge on any atom is -0.373 e. The molecule has 3 aliphatic rings. The van der Waals surface area contributed by atoms with Crippen LogP contribution >= 0.6 is 11.6 Å². The molecule has 2 bridgehead atoms. The van der Waals surface area contributed by atoms with E-state index in [1.165, 1.54) is 4.90 Å². The van der Waals surface area contributed by atoms with E-state index in [1.54, 1.807) is 16.9 Å². The third-order valence-corrected chi connectivity index (χ3v) is 5.61. The average Bonchev–Trinajstić information content (AvgIpc) is 3.33. The van der Waals surface area contributed by atoms with Crippen molar-refractivity contribution in [3.63, 3.8) is 0 Å². The lowest BCUT2D eigenvalue weighted by Crippen LogP contribution is -2.34. The Balaban J connectivity index is 1.40. The summed E-state index contributed by atoms with van der Waals surface area (Å²) in [6.07, 6.45) is 3.29. The standard InChI is InChI=1S/C18H16ClN3O3/c19-11-3-1-2-10(8-11)9-21-7-6-14(20-21)22-17(23)15-12-4-5-13(25-12)16(15)18(22)24/h1-3,6-8,12-13,15-16H,4-5,9H2/t12-,13-,15+,16+/m1/s1. The van der Waals surface area contributed by atoms with Gasteiger partial charge in [0.15, 0.2) is 5.82 Å². The number of ether oxygens (including phenoxy) is 1. The van der Waals surface area contributed by atoms with Crippen molar-refractivity contribution >= 4 is 29.2 Å². The Kier molecular flexibility index (Phi) is 3.27. The molecule has 0 spiro atoms. The molecule has 6 nitrogen and oxygen atoms in total. The van der Waals surface area contributed by atoms with Crippen molar-refractivity contribution in [1.29, 1.82) is 0 Å². The Morgan fingerprint density at radius 3 is 2.52 bits per heavy atom. The quantitative estimate of drug-likeness (QED) is 0.790. The van der Waals surface area contributed by atoms with Crippen LogP contribution in [-0.2, 0) is 20.9 Å². The van der Waals surface area contributed by atoms with E-state index in [0.717, 1.165) is 18.4 Å². The number of nitrogens with zero attached hydrogens (tertiary/aromatic N) is 3. The second-order valence-electron chi connectivity index (χ2n) is 6.86. The molecule has 2 aromatic rings. The number of hydrogen-bond acceptors (Lipinski definition) is 4. The molecule has 0 N–H and O–H groups in total. The smallest absolute Gasteiger partial charge is 0.241 e. The van der Waals surface area contributed by atoms with Gasteiger partial charge in [0.05, 0.1) is 30.6 Å². The third-order valence-electron chi connectivity index (χ3n) is 5.37. The van der Waals surface area contributed by atoms with Crippen LogP contribution in [0.4, 0.5) is 5.82 Å². The number of halogens is 1. The van der Waals surface area contributed by atoms with Crippen molar-refractivity contribution in [3.8, 4) is 0 Å². The fourth-order valence-electron chi connectivity index (χ4n) is 4.32. The van der Waals surface area contributed by atoms with Crippen molar-refractivity contribution in [2.75, 3.05) is 4.90 Å². The fraction of sp³-hybridized carbons (Fsp3) is 0.389. The van der Waals surface area contributed by atoms with Gasteiger partial charge in [-0.05, 0) is 30.5 Å². The molecule has 4 atom stereocenters. The van der Waals surface area contributed by atoms with Crippen molar-refractivity contribution in [1.82, 2.24) is 9.78 Å². The molecule has 3 saturated heterocycles. The van der Waals surface area contributed by atoms with Crippen molar-refractivity contribution in [2.45, 2.75) is 31.6 Å². The van der Waals surface area contributed by atoms with Crippen LogP contribution in [0, 0.1) is 11.8 Å². The topological polar surface area (TPSA) is 64.4 Å². The maximum atomic E-state index is 12.8. The van der Waals surface area contributed by atoms with Gasteiger partial charge in [-0.15, -0.1) is 0 Å². The molecular formula is C18H16ClN3O3. The molecule has 1 aromatic carbocycles. The summed E-state index contributed by atoms with van der Waals surface area (Å²) < 4.78 is 7.46. The Hall–Kier alpha value is -2.18. The van der Waals surface area contributed by atoms with Gasteiger partial charge in [0.2, 0.25) is 11.8 Å². The number of carbonyl (C=O) groups is 2. The molecule has 3 fully saturated rings. The van der Waals surface area contributed by atoms with Crippen LogP contribution in [0.25, 0.3) is 0 Å². The normalized spacial score (nSPS) is 30.4. The molecule has 128 valence electrons. The minimum absolute atomic E-state index is 0.106. The minimum atomic E-state index is -0.329. The second kappa shape index (κ2) is 5.41. The lowest BCUT2D eigenvalue weighted by atomic mass is 9.81. The number of amides is 2. The highest BCUT2D eigenvalue weighted by atomic mass is 35.5. The van der Waals surface area contributed by atoms with E-state index >= 15 is 0 Å². The highest BCUT2D eigenvalue weighted by molar-refractivity contribution is 6.30. The van der Waals surface area contributed by atoms with Gasteiger partial charge >= 0.3 is 0 Å². The predicted octanol–water partition coefficient (Wildman–Crippen LogP) is 2.25. The molecule has 0 aliphatic carbocycles. The number of benzene rings is 1. The van der Waals surface area contributed by atoms with Gasteiger partial charge in [0, 0.05) is 17.3 Å². The first kappa shape index (κ1) is 15.1. The summed E-state index contributed by atoms with van der Waals surface area (Å²) in [5, 5.41) is 5.10. The van der Waals surface area contributed by atoms with Crippen molar-refractivity contribution in [3.05, 3.63) is 47.1 Å². The molecule has 7 heteroatoms. The zero-order chi connectivity index (χ0) is 17.1. The van der Waals surface area contributed by atoms with E-state index in [9.17, 15) is 9.59 Å². The van der Waals surface area contributed by atoms with E-state index in [1.807, 2.05) is 24.3 Å². The summed E-state index contributed by atoms with van der Waals surface area (Å²) in [5.41, 5.74) is 1.00. The van der Waals surface area contributed by atoms with E-state index in [-0.39, 0.29) is 35.9 Å². The SMILES string of the molecule is O=C1[C@@H]2[C@@H](C(=O)N1c1ccn(Cc3cccc(Cl)c3)n1)[C@H]1CC[C@H]2O1. The molecule has 4 heterocycles. The molecule has 25 heavy (non-hydrogen) atoms. The summed E-state index contributed by atoms with van der Waals surface area (Å²) in [6, 6.07) is 9.24. The first-order chi connectivity index (χ1) is 12.1. The molecule has 0 radical (unpaired) electrons. The van der Waals surface area contributed by atoms with E-state index < -0.39 is 0 Å². The van der Waals surface area contributed by atoms with Gasteiger partial charge in [-0.25, -0.2) is 4.90 Å². The van der Waals surface area contributed by atoms with Gasteiger partial charge in [0.1, 0.15) is 0 Å². The summed E-state index contributed by atoms with van der Waals surface area (Å²) >= 11 is 6.01. The third kappa shape index (κ3) is 2.24. The van der Waals surface area contributed by atoms with Crippen LogP contribution in [-0.4, -0.2) is 33.8 Å². The number of carbonyl (C=O) groups excluding carboxylic acids is 2. The van der Waals surface area contributed by atoms with Crippen LogP contribution in [0.3, 0.4) is 0 Å². The second-order valence-corrected chi connectivity index (χ2v) is 7.29. The highest BCUT2D eigenvalue weighted by Crippen LogP contribution is 2.49. The largest absolute Gasteiger partial charge is 0.373 e. The molecule has 5 rings (SSSR count). The lowest BCUT2D eigenvalue weighted by Gasteiger charge is -2.15. The molecule has 2 amide bonds. The van der Waals surface area contributed by atoms with Crippen LogP contribution in [0.2, 0.25) is 5.02 Å². The number of fused-ring (bicyclic) bond motifs is 5. The number of hydrogen-bond donors (Lipinski definition) is 0. The Morgan fingerprint density at radius 2 is 1.84 bits per heavy atom. The van der Waals surface area contributed by atoms with Gasteiger partial charge in [-0.3, -0.25) is 14.3 Å². The predicted molar refractivity (Wildman–Crippen MR) is 90.1 cm³/mol. The van der Waals surface area contributed by atoms with Gasteiger partial charge < -0.3 is 4.74 Å². The number of anilines is 1. The van der Waals surface area contributed by atoms with Gasteiger partial charge in [0.25, 0.3) is 0 Å².